The van der Waals surface area contributed by atoms with Gasteiger partial charge in [-0.3, -0.25) is 0 Å². The minimum absolute atomic E-state index is 0.217. The van der Waals surface area contributed by atoms with Crippen molar-refractivity contribution in [2.24, 2.45) is 0 Å². The van der Waals surface area contributed by atoms with E-state index in [0.29, 0.717) is 6.42 Å². The van der Waals surface area contributed by atoms with E-state index < -0.39 is 9.84 Å². The Kier molecular flexibility index (Phi) is 7.20. The van der Waals surface area contributed by atoms with E-state index in [1.54, 1.807) is 0 Å². The molecule has 0 heterocycles. The van der Waals surface area contributed by atoms with Crippen molar-refractivity contribution in [3.05, 3.63) is 33.8 Å². The molecule has 0 spiro atoms. The van der Waals surface area contributed by atoms with Gasteiger partial charge in [-0.15, -0.1) is 0 Å². The van der Waals surface area contributed by atoms with Gasteiger partial charge in [0.25, 0.3) is 0 Å². The van der Waals surface area contributed by atoms with Gasteiger partial charge in [-0.25, -0.2) is 8.42 Å². The SMILES string of the molecule is CCCNC(CCCS(C)(=O)=O)c1cc(Br)ccc1C. The van der Waals surface area contributed by atoms with Crippen molar-refractivity contribution in [1.82, 2.24) is 5.32 Å². The van der Waals surface area contributed by atoms with E-state index in [1.165, 1.54) is 17.4 Å². The van der Waals surface area contributed by atoms with Crippen LogP contribution in [-0.4, -0.2) is 27.0 Å². The molecule has 0 radical (unpaired) electrons. The zero-order valence-electron chi connectivity index (χ0n) is 12.4. The average molecular weight is 362 g/mol. The first-order valence-corrected chi connectivity index (χ1v) is 9.86. The minimum atomic E-state index is -2.88. The van der Waals surface area contributed by atoms with Gasteiger partial charge in [-0.1, -0.05) is 28.9 Å². The summed E-state index contributed by atoms with van der Waals surface area (Å²) in [5, 5.41) is 3.52. The van der Waals surface area contributed by atoms with Gasteiger partial charge in [0, 0.05) is 22.5 Å². The van der Waals surface area contributed by atoms with Gasteiger partial charge < -0.3 is 5.32 Å². The summed E-state index contributed by atoms with van der Waals surface area (Å²) in [6.45, 7) is 5.17. The van der Waals surface area contributed by atoms with Gasteiger partial charge in [0.15, 0.2) is 0 Å². The number of hydrogen-bond donors (Lipinski definition) is 1. The van der Waals surface area contributed by atoms with Crippen molar-refractivity contribution < 1.29 is 8.42 Å². The summed E-state index contributed by atoms with van der Waals surface area (Å²) in [7, 11) is -2.88. The average Bonchev–Trinajstić information content (AvgIpc) is 2.35. The van der Waals surface area contributed by atoms with Crippen LogP contribution in [0.25, 0.3) is 0 Å². The molecule has 5 heteroatoms. The number of aryl methyl sites for hydroxylation is 1. The van der Waals surface area contributed by atoms with Gasteiger partial charge in [-0.05, 0) is 56.0 Å². The Morgan fingerprint density at radius 3 is 2.65 bits per heavy atom. The van der Waals surface area contributed by atoms with Gasteiger partial charge in [0.2, 0.25) is 0 Å². The third-order valence-electron chi connectivity index (χ3n) is 3.27. The highest BCUT2D eigenvalue weighted by atomic mass is 79.9. The lowest BCUT2D eigenvalue weighted by Crippen LogP contribution is -2.23. The van der Waals surface area contributed by atoms with Crippen LogP contribution in [0.2, 0.25) is 0 Å². The third kappa shape index (κ3) is 6.37. The normalized spacial score (nSPS) is 13.4. The van der Waals surface area contributed by atoms with Gasteiger partial charge in [0.05, 0.1) is 0 Å². The molecule has 3 nitrogen and oxygen atoms in total. The van der Waals surface area contributed by atoms with Gasteiger partial charge in [0.1, 0.15) is 9.84 Å². The molecule has 1 aromatic carbocycles. The van der Waals surface area contributed by atoms with E-state index in [2.05, 4.69) is 47.2 Å². The molecule has 1 unspecified atom stereocenters. The Morgan fingerprint density at radius 1 is 1.35 bits per heavy atom. The summed E-state index contributed by atoms with van der Waals surface area (Å²) in [6, 6.07) is 6.47. The highest BCUT2D eigenvalue weighted by molar-refractivity contribution is 9.10. The lowest BCUT2D eigenvalue weighted by atomic mass is 9.97. The lowest BCUT2D eigenvalue weighted by Gasteiger charge is -2.21. The maximum Gasteiger partial charge on any atom is 0.147 e. The Hall–Kier alpha value is -0.390. The monoisotopic (exact) mass is 361 g/mol. The molecule has 0 saturated carbocycles. The molecule has 0 aliphatic heterocycles. The number of hydrogen-bond acceptors (Lipinski definition) is 3. The highest BCUT2D eigenvalue weighted by Gasteiger charge is 2.14. The number of benzene rings is 1. The summed E-state index contributed by atoms with van der Waals surface area (Å²) in [6.07, 6.45) is 3.89. The van der Waals surface area contributed by atoms with Gasteiger partial charge in [-0.2, -0.15) is 0 Å². The largest absolute Gasteiger partial charge is 0.310 e. The second kappa shape index (κ2) is 8.15. The predicted octanol–water partition coefficient (Wildman–Crippen LogP) is 3.62. The molecule has 1 aromatic rings. The Bertz CT molecular complexity index is 529. The molecule has 0 aliphatic rings. The second-order valence-electron chi connectivity index (χ2n) is 5.28. The van der Waals surface area contributed by atoms with Crippen molar-refractivity contribution in [2.75, 3.05) is 18.6 Å². The number of rotatable bonds is 8. The second-order valence-corrected chi connectivity index (χ2v) is 8.46. The van der Waals surface area contributed by atoms with E-state index in [0.717, 1.165) is 23.9 Å². The lowest BCUT2D eigenvalue weighted by molar-refractivity contribution is 0.490. The zero-order chi connectivity index (χ0) is 15.2. The molecule has 0 amide bonds. The first-order valence-electron chi connectivity index (χ1n) is 7.00. The van der Waals surface area contributed by atoms with Crippen LogP contribution in [0.1, 0.15) is 43.4 Å². The van der Waals surface area contributed by atoms with Crippen LogP contribution >= 0.6 is 15.9 Å². The summed E-state index contributed by atoms with van der Waals surface area (Å²) in [5.74, 6) is 0.254. The number of halogens is 1. The van der Waals surface area contributed by atoms with E-state index in [9.17, 15) is 8.42 Å². The van der Waals surface area contributed by atoms with Crippen molar-refractivity contribution in [3.63, 3.8) is 0 Å². The van der Waals surface area contributed by atoms with Crippen LogP contribution in [0.4, 0.5) is 0 Å². The molecule has 1 atom stereocenters. The molecule has 0 bridgehead atoms. The first-order chi connectivity index (χ1) is 9.33. The molecular weight excluding hydrogens is 338 g/mol. The van der Waals surface area contributed by atoms with E-state index in [1.807, 2.05) is 6.07 Å². The summed E-state index contributed by atoms with van der Waals surface area (Å²) < 4.78 is 23.6. The van der Waals surface area contributed by atoms with Crippen molar-refractivity contribution in [2.45, 2.75) is 39.2 Å². The Morgan fingerprint density at radius 2 is 2.05 bits per heavy atom. The van der Waals surface area contributed by atoms with Crippen LogP contribution in [0, 0.1) is 6.92 Å². The molecule has 1 N–H and O–H groups in total. The first kappa shape index (κ1) is 17.7. The quantitative estimate of drug-likeness (QED) is 0.768. The van der Waals surface area contributed by atoms with Crippen molar-refractivity contribution >= 4 is 25.8 Å². The highest BCUT2D eigenvalue weighted by Crippen LogP contribution is 2.25. The fraction of sp³-hybridized carbons (Fsp3) is 0.600. The predicted molar refractivity (Wildman–Crippen MR) is 88.9 cm³/mol. The summed E-state index contributed by atoms with van der Waals surface area (Å²) in [4.78, 5) is 0. The van der Waals surface area contributed by atoms with Gasteiger partial charge >= 0.3 is 0 Å². The van der Waals surface area contributed by atoms with Crippen LogP contribution in [-0.2, 0) is 9.84 Å². The topological polar surface area (TPSA) is 46.2 Å². The molecule has 0 aromatic heterocycles. The van der Waals surface area contributed by atoms with Crippen molar-refractivity contribution in [1.29, 1.82) is 0 Å². The smallest absolute Gasteiger partial charge is 0.147 e. The number of sulfone groups is 1. The third-order valence-corrected chi connectivity index (χ3v) is 4.79. The van der Waals surface area contributed by atoms with Crippen LogP contribution < -0.4 is 5.32 Å². The molecule has 114 valence electrons. The molecule has 0 saturated heterocycles. The maximum atomic E-state index is 11.3. The maximum absolute atomic E-state index is 11.3. The number of nitrogens with one attached hydrogen (secondary N) is 1. The summed E-state index contributed by atoms with van der Waals surface area (Å²) in [5.41, 5.74) is 2.49. The zero-order valence-corrected chi connectivity index (χ0v) is 14.9. The fourth-order valence-corrected chi connectivity index (χ4v) is 3.29. The standard InChI is InChI=1S/C15H24BrNO2S/c1-4-9-17-15(6-5-10-20(3,18)19)14-11-13(16)8-7-12(14)2/h7-8,11,15,17H,4-6,9-10H2,1-3H3. The minimum Gasteiger partial charge on any atom is -0.310 e. The van der Waals surface area contributed by atoms with E-state index in [4.69, 9.17) is 0 Å². The Labute approximate surface area is 131 Å². The molecular formula is C15H24BrNO2S. The molecule has 0 aliphatic carbocycles. The summed E-state index contributed by atoms with van der Waals surface area (Å²) >= 11 is 3.51. The molecule has 0 fully saturated rings. The van der Waals surface area contributed by atoms with Crippen LogP contribution in [0.3, 0.4) is 0 Å². The molecule has 1 rings (SSSR count). The van der Waals surface area contributed by atoms with Crippen molar-refractivity contribution in [3.8, 4) is 0 Å². The van der Waals surface area contributed by atoms with Crippen LogP contribution in [0.5, 0.6) is 0 Å². The Balaban J connectivity index is 2.80. The van der Waals surface area contributed by atoms with E-state index in [-0.39, 0.29) is 11.8 Å². The van der Waals surface area contributed by atoms with Crippen LogP contribution in [0.15, 0.2) is 22.7 Å². The molecule has 20 heavy (non-hydrogen) atoms. The fourth-order valence-electron chi connectivity index (χ4n) is 2.22. The van der Waals surface area contributed by atoms with E-state index >= 15 is 0 Å².